The highest BCUT2D eigenvalue weighted by Crippen LogP contribution is 2.44. The fraction of sp³-hybridized carbons (Fsp3) is 0.278. The van der Waals surface area contributed by atoms with Crippen molar-refractivity contribution in [3.05, 3.63) is 63.7 Å². The number of methoxy groups -OCH3 is 1. The van der Waals surface area contributed by atoms with Crippen molar-refractivity contribution < 1.29 is 19.2 Å². The van der Waals surface area contributed by atoms with Gasteiger partial charge in [-0.05, 0) is 24.1 Å². The summed E-state index contributed by atoms with van der Waals surface area (Å²) in [4.78, 5) is 23.3. The first-order chi connectivity index (χ1) is 12.1. The molecule has 3 rings (SSSR count). The molecule has 1 aliphatic rings. The molecule has 0 fully saturated rings. The maximum Gasteiger partial charge on any atom is 0.317 e. The minimum atomic E-state index is -0.679. The quantitative estimate of drug-likeness (QED) is 0.509. The lowest BCUT2D eigenvalue weighted by Gasteiger charge is -2.25. The van der Waals surface area contributed by atoms with E-state index in [4.69, 9.17) is 9.47 Å². The van der Waals surface area contributed by atoms with Crippen LogP contribution < -0.4 is 10.1 Å². The summed E-state index contributed by atoms with van der Waals surface area (Å²) in [5.41, 5.74) is 1.61. The smallest absolute Gasteiger partial charge is 0.317 e. The Morgan fingerprint density at radius 2 is 2.04 bits per heavy atom. The van der Waals surface area contributed by atoms with Crippen LogP contribution in [0.2, 0.25) is 0 Å². The Bertz CT molecular complexity index is 792. The van der Waals surface area contributed by atoms with Crippen molar-refractivity contribution in [1.29, 1.82) is 0 Å². The second-order valence-electron chi connectivity index (χ2n) is 5.70. The van der Waals surface area contributed by atoms with E-state index in [0.29, 0.717) is 24.2 Å². The van der Waals surface area contributed by atoms with Crippen molar-refractivity contribution in [2.45, 2.75) is 18.9 Å². The summed E-state index contributed by atoms with van der Waals surface area (Å²) in [6.07, 6.45) is 0.433. The monoisotopic (exact) mass is 342 g/mol. The summed E-state index contributed by atoms with van der Waals surface area (Å²) in [7, 11) is 1.28. The number of anilines is 1. The zero-order valence-corrected chi connectivity index (χ0v) is 13.7. The molecule has 1 atom stereocenters. The molecule has 0 saturated heterocycles. The number of esters is 1. The molecule has 0 saturated carbocycles. The molecule has 0 spiro atoms. The molecule has 2 aromatic rings. The highest BCUT2D eigenvalue weighted by Gasteiger charge is 2.36. The number of nitro groups is 1. The van der Waals surface area contributed by atoms with E-state index in [0.717, 1.165) is 5.56 Å². The van der Waals surface area contributed by atoms with Crippen LogP contribution in [0.15, 0.2) is 42.5 Å². The Labute approximate surface area is 144 Å². The van der Waals surface area contributed by atoms with E-state index in [1.54, 1.807) is 12.1 Å². The summed E-state index contributed by atoms with van der Waals surface area (Å²) in [5.74, 6) is -1.02. The number of hydrogen-bond donors (Lipinski definition) is 1. The maximum atomic E-state index is 12.1. The molecule has 130 valence electrons. The Morgan fingerprint density at radius 3 is 2.72 bits per heavy atom. The van der Waals surface area contributed by atoms with Crippen molar-refractivity contribution in [2.24, 2.45) is 0 Å². The number of nitro benzene ring substituents is 1. The SMILES string of the molecule is COC(=O)C1CCNc2ccc(OCc3ccccc3)c([N+](=O)[O-])c21. The third kappa shape index (κ3) is 3.40. The number of ether oxygens (including phenoxy) is 2. The van der Waals surface area contributed by atoms with Gasteiger partial charge in [0.15, 0.2) is 5.75 Å². The molecule has 0 bridgehead atoms. The molecule has 1 N–H and O–H groups in total. The van der Waals surface area contributed by atoms with E-state index in [-0.39, 0.29) is 18.0 Å². The van der Waals surface area contributed by atoms with Crippen molar-refractivity contribution in [3.8, 4) is 5.75 Å². The Kier molecular flexibility index (Phi) is 4.83. The number of nitrogens with one attached hydrogen (secondary N) is 1. The third-order valence-electron chi connectivity index (χ3n) is 4.18. The van der Waals surface area contributed by atoms with Gasteiger partial charge in [0.05, 0.1) is 23.5 Å². The van der Waals surface area contributed by atoms with E-state index in [9.17, 15) is 14.9 Å². The van der Waals surface area contributed by atoms with Crippen molar-refractivity contribution in [3.63, 3.8) is 0 Å². The maximum absolute atomic E-state index is 12.1. The van der Waals surface area contributed by atoms with Crippen LogP contribution in [0.5, 0.6) is 5.75 Å². The molecule has 7 nitrogen and oxygen atoms in total. The minimum absolute atomic E-state index is 0.144. The molecule has 0 aromatic heterocycles. The highest BCUT2D eigenvalue weighted by atomic mass is 16.6. The molecular weight excluding hydrogens is 324 g/mol. The minimum Gasteiger partial charge on any atom is -0.482 e. The van der Waals surface area contributed by atoms with Gasteiger partial charge in [0.25, 0.3) is 0 Å². The van der Waals surface area contributed by atoms with E-state index in [2.05, 4.69) is 5.32 Å². The van der Waals surface area contributed by atoms with Gasteiger partial charge >= 0.3 is 11.7 Å². The molecule has 25 heavy (non-hydrogen) atoms. The average Bonchev–Trinajstić information content (AvgIpc) is 2.65. The molecule has 1 aliphatic heterocycles. The van der Waals surface area contributed by atoms with Gasteiger partial charge in [-0.1, -0.05) is 30.3 Å². The fourth-order valence-corrected chi connectivity index (χ4v) is 3.01. The van der Waals surface area contributed by atoms with Gasteiger partial charge in [-0.2, -0.15) is 0 Å². The van der Waals surface area contributed by atoms with E-state index in [1.807, 2.05) is 30.3 Å². The van der Waals surface area contributed by atoms with Gasteiger partial charge < -0.3 is 14.8 Å². The van der Waals surface area contributed by atoms with Gasteiger partial charge in [0.1, 0.15) is 6.61 Å². The number of hydrogen-bond acceptors (Lipinski definition) is 6. The number of rotatable bonds is 5. The number of nitrogens with zero attached hydrogens (tertiary/aromatic N) is 1. The second-order valence-corrected chi connectivity index (χ2v) is 5.70. The van der Waals surface area contributed by atoms with Gasteiger partial charge in [0, 0.05) is 12.2 Å². The molecule has 1 unspecified atom stereocenters. The lowest BCUT2D eigenvalue weighted by Crippen LogP contribution is -2.25. The summed E-state index contributed by atoms with van der Waals surface area (Å²) >= 11 is 0. The van der Waals surface area contributed by atoms with Crippen LogP contribution in [-0.2, 0) is 16.1 Å². The topological polar surface area (TPSA) is 90.7 Å². The zero-order valence-electron chi connectivity index (χ0n) is 13.7. The number of benzene rings is 2. The van der Waals surface area contributed by atoms with Crippen LogP contribution in [-0.4, -0.2) is 24.5 Å². The third-order valence-corrected chi connectivity index (χ3v) is 4.18. The van der Waals surface area contributed by atoms with Crippen LogP contribution in [0.25, 0.3) is 0 Å². The molecule has 2 aromatic carbocycles. The Balaban J connectivity index is 1.99. The normalized spacial score (nSPS) is 15.6. The molecule has 0 aliphatic carbocycles. The fourth-order valence-electron chi connectivity index (χ4n) is 3.01. The average molecular weight is 342 g/mol. The van der Waals surface area contributed by atoms with Gasteiger partial charge in [-0.25, -0.2) is 0 Å². The van der Waals surface area contributed by atoms with E-state index in [1.165, 1.54) is 7.11 Å². The lowest BCUT2D eigenvalue weighted by molar-refractivity contribution is -0.386. The molecule has 7 heteroatoms. The van der Waals surface area contributed by atoms with Crippen molar-refractivity contribution >= 4 is 17.3 Å². The predicted octanol–water partition coefficient (Wildman–Crippen LogP) is 3.25. The molecule has 0 radical (unpaired) electrons. The Morgan fingerprint density at radius 1 is 1.28 bits per heavy atom. The van der Waals surface area contributed by atoms with Crippen molar-refractivity contribution in [1.82, 2.24) is 0 Å². The van der Waals surface area contributed by atoms with Crippen LogP contribution in [0.3, 0.4) is 0 Å². The van der Waals surface area contributed by atoms with Gasteiger partial charge in [0.2, 0.25) is 0 Å². The largest absolute Gasteiger partial charge is 0.482 e. The standard InChI is InChI=1S/C18H18N2O5/c1-24-18(21)13-9-10-19-14-7-8-15(17(16(13)14)20(22)23)25-11-12-5-3-2-4-6-12/h2-8,13,19H,9-11H2,1H3. The first kappa shape index (κ1) is 16.8. The first-order valence-corrected chi connectivity index (χ1v) is 7.91. The summed E-state index contributed by atoms with van der Waals surface area (Å²) < 4.78 is 10.5. The van der Waals surface area contributed by atoms with E-state index >= 15 is 0 Å². The van der Waals surface area contributed by atoms with Crippen LogP contribution in [0, 0.1) is 10.1 Å². The highest BCUT2D eigenvalue weighted by molar-refractivity contribution is 5.85. The van der Waals surface area contributed by atoms with Gasteiger partial charge in [-0.15, -0.1) is 0 Å². The number of carbonyl (C=O) groups is 1. The summed E-state index contributed by atoms with van der Waals surface area (Å²) in [6.45, 7) is 0.755. The lowest BCUT2D eigenvalue weighted by atomic mass is 9.89. The van der Waals surface area contributed by atoms with E-state index < -0.39 is 16.8 Å². The van der Waals surface area contributed by atoms with Gasteiger partial charge in [-0.3, -0.25) is 14.9 Å². The molecular formula is C18H18N2O5. The predicted molar refractivity (Wildman–Crippen MR) is 91.7 cm³/mol. The van der Waals surface area contributed by atoms with Crippen LogP contribution in [0.1, 0.15) is 23.5 Å². The Hall–Kier alpha value is -3.09. The summed E-state index contributed by atoms with van der Waals surface area (Å²) in [6, 6.07) is 12.7. The molecule has 1 heterocycles. The molecule has 0 amide bonds. The first-order valence-electron chi connectivity index (χ1n) is 7.91. The zero-order chi connectivity index (χ0) is 17.8. The summed E-state index contributed by atoms with van der Waals surface area (Å²) in [5, 5.41) is 14.8. The van der Waals surface area contributed by atoms with Crippen LogP contribution in [0.4, 0.5) is 11.4 Å². The number of carbonyl (C=O) groups excluding carboxylic acids is 1. The van der Waals surface area contributed by atoms with Crippen LogP contribution >= 0.6 is 0 Å². The van der Waals surface area contributed by atoms with Crippen molar-refractivity contribution in [2.75, 3.05) is 19.0 Å². The second kappa shape index (κ2) is 7.21. The number of fused-ring (bicyclic) bond motifs is 1.